The molecule has 1 aromatic carbocycles. The molecule has 192 valence electrons. The van der Waals surface area contributed by atoms with E-state index in [9.17, 15) is 8.42 Å². The number of aromatic nitrogens is 7. The lowest BCUT2D eigenvalue weighted by Crippen LogP contribution is -2.31. The van der Waals surface area contributed by atoms with E-state index in [0.717, 1.165) is 0 Å². The molecule has 0 fully saturated rings. The predicted octanol–water partition coefficient (Wildman–Crippen LogP) is 2.28. The van der Waals surface area contributed by atoms with Gasteiger partial charge in [-0.15, -0.1) is 10.2 Å². The summed E-state index contributed by atoms with van der Waals surface area (Å²) in [5.41, 5.74) is 1.14. The number of hydrogen-bond acceptors (Lipinski definition) is 10. The van der Waals surface area contributed by atoms with Crippen LogP contribution >= 0.6 is 0 Å². The molecule has 0 saturated carbocycles. The molecule has 1 N–H and O–H groups in total. The highest BCUT2D eigenvalue weighted by molar-refractivity contribution is 7.93. The quantitative estimate of drug-likeness (QED) is 0.344. The zero-order valence-corrected chi connectivity index (χ0v) is 21.6. The number of sulfonamides is 1. The van der Waals surface area contributed by atoms with Crippen LogP contribution < -0.4 is 14.2 Å². The van der Waals surface area contributed by atoms with Crippen LogP contribution in [0.2, 0.25) is 0 Å². The van der Waals surface area contributed by atoms with Crippen LogP contribution in [0.1, 0.15) is 31.2 Å². The summed E-state index contributed by atoms with van der Waals surface area (Å²) in [4.78, 5) is 8.29. The molecule has 0 spiro atoms. The smallest absolute Gasteiger partial charge is 0.243 e. The minimum atomic E-state index is -4.04. The molecule has 3 heterocycles. The molecule has 4 rings (SSSR count). The summed E-state index contributed by atoms with van der Waals surface area (Å²) in [6.45, 7) is 3.23. The lowest BCUT2D eigenvalue weighted by Gasteiger charge is -2.21. The number of ether oxygens (including phenoxy) is 2. The number of nitrogens with zero attached hydrogens (tertiary/aromatic N) is 8. The number of methoxy groups -OCH3 is 2. The Kier molecular flexibility index (Phi) is 7.07. The van der Waals surface area contributed by atoms with E-state index < -0.39 is 21.2 Å². The molecule has 13 nitrogen and oxygen atoms in total. The number of nitrogens with one attached hydrogen (secondary N) is 1. The van der Waals surface area contributed by atoms with Gasteiger partial charge in [0.05, 0.1) is 25.0 Å². The number of hydrogen-bond donors (Lipinski definition) is 1. The molecule has 0 saturated heterocycles. The van der Waals surface area contributed by atoms with Crippen LogP contribution in [-0.4, -0.2) is 62.4 Å². The third-order valence-corrected chi connectivity index (χ3v) is 7.72. The fraction of sp³-hybridized carbons (Fsp3) is 0.304. The zero-order valence-electron chi connectivity index (χ0n) is 20.8. The van der Waals surface area contributed by atoms with E-state index in [1.54, 1.807) is 56.0 Å². The van der Waals surface area contributed by atoms with E-state index in [0.29, 0.717) is 28.7 Å². The number of nitriles is 1. The second-order valence-electron chi connectivity index (χ2n) is 8.15. The molecule has 0 bridgehead atoms. The Morgan fingerprint density at radius 1 is 1.05 bits per heavy atom. The Bertz CT molecular complexity index is 1530. The van der Waals surface area contributed by atoms with E-state index in [4.69, 9.17) is 14.7 Å². The van der Waals surface area contributed by atoms with Gasteiger partial charge in [-0.3, -0.25) is 14.0 Å². The summed E-state index contributed by atoms with van der Waals surface area (Å²) in [5, 5.41) is 20.8. The van der Waals surface area contributed by atoms with Gasteiger partial charge in [0.2, 0.25) is 16.0 Å². The van der Waals surface area contributed by atoms with E-state index in [-0.39, 0.29) is 17.3 Å². The van der Waals surface area contributed by atoms with E-state index in [1.807, 2.05) is 6.07 Å². The van der Waals surface area contributed by atoms with Crippen molar-refractivity contribution in [1.29, 1.82) is 5.26 Å². The first kappa shape index (κ1) is 25.6. The van der Waals surface area contributed by atoms with Crippen molar-refractivity contribution in [2.24, 2.45) is 7.05 Å². The van der Waals surface area contributed by atoms with Crippen molar-refractivity contribution < 1.29 is 17.9 Å². The third-order valence-electron chi connectivity index (χ3n) is 5.87. The summed E-state index contributed by atoms with van der Waals surface area (Å²) in [7, 11) is 0.709. The first-order valence-corrected chi connectivity index (χ1v) is 12.6. The molecule has 0 amide bonds. The van der Waals surface area contributed by atoms with Crippen LogP contribution in [0, 0.1) is 11.3 Å². The minimum absolute atomic E-state index is 0.0803. The highest BCUT2D eigenvalue weighted by Gasteiger charge is 2.32. The lowest BCUT2D eigenvalue weighted by molar-refractivity contribution is 0.391. The Labute approximate surface area is 213 Å². The first-order valence-electron chi connectivity index (χ1n) is 11.1. The summed E-state index contributed by atoms with van der Waals surface area (Å²) >= 11 is 0. The van der Waals surface area contributed by atoms with Crippen molar-refractivity contribution in [1.82, 2.24) is 34.5 Å². The van der Waals surface area contributed by atoms with E-state index in [1.165, 1.54) is 31.2 Å². The molecule has 37 heavy (non-hydrogen) atoms. The van der Waals surface area contributed by atoms with E-state index >= 15 is 0 Å². The molecule has 3 aromatic heterocycles. The van der Waals surface area contributed by atoms with Crippen molar-refractivity contribution in [3.05, 3.63) is 54.2 Å². The van der Waals surface area contributed by atoms with Crippen LogP contribution in [0.4, 0.5) is 5.95 Å². The van der Waals surface area contributed by atoms with Crippen molar-refractivity contribution in [3.8, 4) is 34.8 Å². The maximum atomic E-state index is 13.5. The average Bonchev–Trinajstić information content (AvgIpc) is 3.52. The van der Waals surface area contributed by atoms with Gasteiger partial charge in [0.15, 0.2) is 5.82 Å². The highest BCUT2D eigenvalue weighted by Crippen LogP contribution is 2.37. The zero-order chi connectivity index (χ0) is 26.7. The molecule has 0 aliphatic rings. The van der Waals surface area contributed by atoms with Crippen molar-refractivity contribution >= 4 is 16.0 Å². The third kappa shape index (κ3) is 4.94. The first-order chi connectivity index (χ1) is 17.7. The fourth-order valence-corrected chi connectivity index (χ4v) is 4.88. The second kappa shape index (κ2) is 10.2. The van der Waals surface area contributed by atoms with Gasteiger partial charge in [-0.25, -0.2) is 18.4 Å². The van der Waals surface area contributed by atoms with Gasteiger partial charge >= 0.3 is 0 Å². The average molecular weight is 524 g/mol. The number of aryl methyl sites for hydroxylation is 1. The molecule has 4 aromatic rings. The van der Waals surface area contributed by atoms with Gasteiger partial charge in [0.25, 0.3) is 0 Å². The molecule has 2 atom stereocenters. The van der Waals surface area contributed by atoms with Gasteiger partial charge in [0.1, 0.15) is 34.8 Å². The lowest BCUT2D eigenvalue weighted by atomic mass is 10.1. The molecule has 0 radical (unpaired) electrons. The van der Waals surface area contributed by atoms with Gasteiger partial charge in [-0.2, -0.15) is 10.4 Å². The van der Waals surface area contributed by atoms with Crippen molar-refractivity contribution in [3.63, 3.8) is 0 Å². The standard InChI is InChI=1S/C23H25N9O4S/c1-14(21-25-12-16(11-24)13-26-21)15(2)37(33,34)30-23-28-27-22(17-9-10-31(3)29-17)32(23)20-18(35-4)7-6-8-19(20)36-5/h6-10,12-15H,1-5H3,(H,28,30)/t14-,15-/m0/s1. The van der Waals surface area contributed by atoms with Crippen LogP contribution in [0.5, 0.6) is 11.5 Å². The summed E-state index contributed by atoms with van der Waals surface area (Å²) < 4.78 is 43.8. The number of benzene rings is 1. The minimum Gasteiger partial charge on any atom is -0.494 e. The van der Waals surface area contributed by atoms with Gasteiger partial charge < -0.3 is 9.47 Å². The molecule has 0 unspecified atom stereocenters. The normalized spacial score (nSPS) is 13.0. The van der Waals surface area contributed by atoms with Crippen LogP contribution in [0.15, 0.2) is 42.9 Å². The van der Waals surface area contributed by atoms with Crippen molar-refractivity contribution in [2.45, 2.75) is 25.0 Å². The predicted molar refractivity (Wildman–Crippen MR) is 134 cm³/mol. The summed E-state index contributed by atoms with van der Waals surface area (Å²) in [6, 6.07) is 8.85. The molecular formula is C23H25N9O4S. The Hall–Kier alpha value is -4.51. The van der Waals surface area contributed by atoms with Crippen LogP contribution in [0.25, 0.3) is 17.2 Å². The number of anilines is 1. The van der Waals surface area contributed by atoms with E-state index in [2.05, 4.69) is 30.0 Å². The van der Waals surface area contributed by atoms with Gasteiger partial charge in [-0.05, 0) is 25.1 Å². The Morgan fingerprint density at radius 3 is 2.24 bits per heavy atom. The Balaban J connectivity index is 1.79. The summed E-state index contributed by atoms with van der Waals surface area (Å²) in [6.07, 6.45) is 4.45. The number of rotatable bonds is 9. The molecular weight excluding hydrogens is 498 g/mol. The SMILES string of the molecule is COc1cccc(OC)c1-n1c(NS(=O)(=O)[C@@H](C)[C@H](C)c2ncc(C#N)cn2)nnc1-c1ccn(C)n1. The van der Waals surface area contributed by atoms with Crippen LogP contribution in [0.3, 0.4) is 0 Å². The Morgan fingerprint density at radius 2 is 1.70 bits per heavy atom. The monoisotopic (exact) mass is 523 g/mol. The van der Waals surface area contributed by atoms with Gasteiger partial charge in [0, 0.05) is 31.6 Å². The highest BCUT2D eigenvalue weighted by atomic mass is 32.2. The maximum Gasteiger partial charge on any atom is 0.243 e. The largest absolute Gasteiger partial charge is 0.494 e. The van der Waals surface area contributed by atoms with Gasteiger partial charge in [-0.1, -0.05) is 13.0 Å². The van der Waals surface area contributed by atoms with Crippen LogP contribution in [-0.2, 0) is 17.1 Å². The number of para-hydroxylation sites is 1. The fourth-order valence-electron chi connectivity index (χ4n) is 3.64. The van der Waals surface area contributed by atoms with Crippen molar-refractivity contribution in [2.75, 3.05) is 18.9 Å². The molecule has 0 aliphatic carbocycles. The topological polar surface area (TPSA) is 163 Å². The maximum absolute atomic E-state index is 13.5. The summed E-state index contributed by atoms with van der Waals surface area (Å²) in [5.74, 6) is 0.699. The second-order valence-corrected chi connectivity index (χ2v) is 10.2. The molecule has 0 aliphatic heterocycles. The molecule has 14 heteroatoms.